The lowest BCUT2D eigenvalue weighted by Gasteiger charge is -2.14. The Kier molecular flexibility index (Phi) is 2.69. The largest absolute Gasteiger partial charge is 0.255 e. The zero-order valence-corrected chi connectivity index (χ0v) is 7.22. The molecule has 0 saturated carbocycles. The molecule has 1 N–H and O–H groups in total. The van der Waals surface area contributed by atoms with Gasteiger partial charge in [0.15, 0.2) is 0 Å². The van der Waals surface area contributed by atoms with E-state index in [4.69, 9.17) is 0 Å². The Morgan fingerprint density at radius 2 is 2.00 bits per heavy atom. The van der Waals surface area contributed by atoms with Crippen molar-refractivity contribution in [3.63, 3.8) is 0 Å². The molecule has 2 atom stereocenters. The molecule has 1 fully saturated rings. The van der Waals surface area contributed by atoms with Gasteiger partial charge in [-0.1, -0.05) is 13.8 Å². The molecule has 2 nitrogen and oxygen atoms in total. The second-order valence-corrected chi connectivity index (χ2v) is 3.53. The van der Waals surface area contributed by atoms with Crippen molar-refractivity contribution in [2.24, 2.45) is 11.8 Å². The number of nitrogens with one attached hydrogen (secondary N) is 1. The third kappa shape index (κ3) is 1.96. The van der Waals surface area contributed by atoms with Crippen LogP contribution in [0.2, 0.25) is 0 Å². The molecule has 0 aromatic rings. The first-order valence-corrected chi connectivity index (χ1v) is 4.15. The van der Waals surface area contributed by atoms with E-state index in [9.17, 15) is 0 Å². The fourth-order valence-corrected chi connectivity index (χ4v) is 1.26. The van der Waals surface area contributed by atoms with Gasteiger partial charge in [-0.05, 0) is 18.3 Å². The maximum absolute atomic E-state index is 3.36. The van der Waals surface area contributed by atoms with Crippen LogP contribution in [0.1, 0.15) is 20.3 Å². The van der Waals surface area contributed by atoms with Gasteiger partial charge >= 0.3 is 0 Å². The van der Waals surface area contributed by atoms with Crippen molar-refractivity contribution in [3.8, 4) is 0 Å². The molecule has 0 amide bonds. The van der Waals surface area contributed by atoms with Gasteiger partial charge in [0.1, 0.15) is 0 Å². The van der Waals surface area contributed by atoms with Gasteiger partial charge in [-0.2, -0.15) is 0 Å². The predicted molar refractivity (Wildman–Crippen MR) is 43.6 cm³/mol. The minimum atomic E-state index is 0.824. The topological polar surface area (TPSA) is 15.3 Å². The minimum absolute atomic E-state index is 0.824. The van der Waals surface area contributed by atoms with Crippen molar-refractivity contribution in [1.29, 1.82) is 0 Å². The normalized spacial score (nSPS) is 37.5. The van der Waals surface area contributed by atoms with E-state index in [1.54, 1.807) is 0 Å². The molecule has 0 radical (unpaired) electrons. The van der Waals surface area contributed by atoms with Gasteiger partial charge in [0.2, 0.25) is 0 Å². The molecule has 0 spiro atoms. The van der Waals surface area contributed by atoms with Gasteiger partial charge in [-0.25, -0.2) is 5.01 Å². The molecule has 1 unspecified atom stereocenters. The van der Waals surface area contributed by atoms with E-state index in [1.807, 2.05) is 0 Å². The second kappa shape index (κ2) is 3.35. The molecule has 1 aliphatic heterocycles. The van der Waals surface area contributed by atoms with Crippen molar-refractivity contribution in [1.82, 2.24) is 10.4 Å². The molecule has 1 heterocycles. The number of hydrogen-bond donors (Lipinski definition) is 1. The maximum Gasteiger partial charge on any atom is 0.0130 e. The Labute approximate surface area is 63.6 Å². The maximum atomic E-state index is 3.36. The van der Waals surface area contributed by atoms with Gasteiger partial charge in [-0.15, -0.1) is 0 Å². The summed E-state index contributed by atoms with van der Waals surface area (Å²) < 4.78 is 0. The molecule has 0 aromatic heterocycles. The zero-order valence-electron chi connectivity index (χ0n) is 7.22. The van der Waals surface area contributed by atoms with E-state index in [-0.39, 0.29) is 0 Å². The highest BCUT2D eigenvalue weighted by Gasteiger charge is 2.16. The molecule has 1 aliphatic rings. The average molecular weight is 142 g/mol. The van der Waals surface area contributed by atoms with E-state index in [2.05, 4.69) is 31.3 Å². The van der Waals surface area contributed by atoms with E-state index in [1.165, 1.54) is 13.0 Å². The van der Waals surface area contributed by atoms with Crippen LogP contribution in [0.25, 0.3) is 0 Å². The van der Waals surface area contributed by atoms with Crippen molar-refractivity contribution < 1.29 is 0 Å². The summed E-state index contributed by atoms with van der Waals surface area (Å²) in [5, 5.41) is 2.19. The summed E-state index contributed by atoms with van der Waals surface area (Å²) in [5.74, 6) is 1.70. The average Bonchev–Trinajstić information content (AvgIpc) is 2.04. The fourth-order valence-electron chi connectivity index (χ4n) is 1.26. The highest BCUT2D eigenvalue weighted by atomic mass is 15.5. The predicted octanol–water partition coefficient (Wildman–Crippen LogP) is 1.10. The Morgan fingerprint density at radius 3 is 2.70 bits per heavy atom. The smallest absolute Gasteiger partial charge is 0.0130 e. The Hall–Kier alpha value is -0.0800. The Morgan fingerprint density at radius 1 is 1.30 bits per heavy atom. The van der Waals surface area contributed by atoms with Crippen LogP contribution in [0.3, 0.4) is 0 Å². The molecule has 0 bridgehead atoms. The Balaban J connectivity index is 2.38. The van der Waals surface area contributed by atoms with Crippen molar-refractivity contribution in [2.45, 2.75) is 20.3 Å². The molecule has 2 heteroatoms. The third-order valence-corrected chi connectivity index (χ3v) is 2.57. The van der Waals surface area contributed by atoms with Crippen molar-refractivity contribution in [3.05, 3.63) is 0 Å². The van der Waals surface area contributed by atoms with Crippen LogP contribution in [0, 0.1) is 11.8 Å². The van der Waals surface area contributed by atoms with Crippen LogP contribution >= 0.6 is 0 Å². The van der Waals surface area contributed by atoms with Crippen LogP contribution in [0.5, 0.6) is 0 Å². The summed E-state index contributed by atoms with van der Waals surface area (Å²) in [5.41, 5.74) is 3.36. The molecule has 60 valence electrons. The van der Waals surface area contributed by atoms with Crippen molar-refractivity contribution >= 4 is 0 Å². The standard InChI is InChI=1S/C8H18N2/c1-7-4-5-10(3)9-6-8(7)2/h7-9H,4-6H2,1-3H3/t7-,8?/m1/s1. The quantitative estimate of drug-likeness (QED) is 0.545. The van der Waals surface area contributed by atoms with E-state index >= 15 is 0 Å². The van der Waals surface area contributed by atoms with E-state index in [0.29, 0.717) is 0 Å². The summed E-state index contributed by atoms with van der Waals surface area (Å²) >= 11 is 0. The Bertz CT molecular complexity index is 91.4. The van der Waals surface area contributed by atoms with Gasteiger partial charge in [0.25, 0.3) is 0 Å². The summed E-state index contributed by atoms with van der Waals surface area (Å²) in [7, 11) is 2.12. The zero-order chi connectivity index (χ0) is 7.56. The van der Waals surface area contributed by atoms with E-state index < -0.39 is 0 Å². The van der Waals surface area contributed by atoms with Gasteiger partial charge in [-0.3, -0.25) is 5.43 Å². The lowest BCUT2D eigenvalue weighted by molar-refractivity contribution is 0.247. The van der Waals surface area contributed by atoms with Gasteiger partial charge in [0.05, 0.1) is 0 Å². The van der Waals surface area contributed by atoms with Gasteiger partial charge in [0, 0.05) is 20.1 Å². The number of hydrazine groups is 1. The molecule has 1 saturated heterocycles. The molecule has 0 aliphatic carbocycles. The van der Waals surface area contributed by atoms with Gasteiger partial charge < -0.3 is 0 Å². The SMILES string of the molecule is CC1CNN(C)CC[C@H]1C. The summed E-state index contributed by atoms with van der Waals surface area (Å²) in [6.45, 7) is 6.98. The lowest BCUT2D eigenvalue weighted by Crippen LogP contribution is -2.35. The molecular weight excluding hydrogens is 124 g/mol. The molecular formula is C8H18N2. The van der Waals surface area contributed by atoms with Crippen LogP contribution in [-0.4, -0.2) is 25.1 Å². The van der Waals surface area contributed by atoms with Crippen LogP contribution in [0.4, 0.5) is 0 Å². The van der Waals surface area contributed by atoms with Crippen LogP contribution in [-0.2, 0) is 0 Å². The monoisotopic (exact) mass is 142 g/mol. The van der Waals surface area contributed by atoms with Crippen LogP contribution in [0.15, 0.2) is 0 Å². The lowest BCUT2D eigenvalue weighted by atomic mass is 9.94. The first kappa shape index (κ1) is 8.02. The number of nitrogens with zero attached hydrogens (tertiary/aromatic N) is 1. The second-order valence-electron chi connectivity index (χ2n) is 3.53. The van der Waals surface area contributed by atoms with Crippen molar-refractivity contribution in [2.75, 3.05) is 20.1 Å². The number of hydrogen-bond acceptors (Lipinski definition) is 2. The molecule has 10 heavy (non-hydrogen) atoms. The molecule has 1 rings (SSSR count). The fraction of sp³-hybridized carbons (Fsp3) is 1.00. The van der Waals surface area contributed by atoms with E-state index in [0.717, 1.165) is 18.4 Å². The first-order chi connectivity index (χ1) is 4.70. The minimum Gasteiger partial charge on any atom is -0.255 e. The summed E-state index contributed by atoms with van der Waals surface area (Å²) in [4.78, 5) is 0. The highest BCUT2D eigenvalue weighted by molar-refractivity contribution is 4.68. The summed E-state index contributed by atoms with van der Waals surface area (Å²) in [6, 6.07) is 0. The summed E-state index contributed by atoms with van der Waals surface area (Å²) in [6.07, 6.45) is 1.32. The highest BCUT2D eigenvalue weighted by Crippen LogP contribution is 2.16. The third-order valence-electron chi connectivity index (χ3n) is 2.57. The van der Waals surface area contributed by atoms with Crippen LogP contribution < -0.4 is 5.43 Å². The molecule has 0 aromatic carbocycles. The first-order valence-electron chi connectivity index (χ1n) is 4.15. The number of rotatable bonds is 0.